The zero-order valence-corrected chi connectivity index (χ0v) is 11.8. The van der Waals surface area contributed by atoms with Gasteiger partial charge in [0, 0.05) is 10.1 Å². The van der Waals surface area contributed by atoms with Crippen LogP contribution in [0.3, 0.4) is 0 Å². The van der Waals surface area contributed by atoms with Crippen LogP contribution in [-0.2, 0) is 0 Å². The lowest BCUT2D eigenvalue weighted by Crippen LogP contribution is -2.27. The summed E-state index contributed by atoms with van der Waals surface area (Å²) in [7, 11) is 1.91. The van der Waals surface area contributed by atoms with E-state index in [1.807, 2.05) is 32.2 Å². The lowest BCUT2D eigenvalue weighted by atomic mass is 10.1. The van der Waals surface area contributed by atoms with Crippen LogP contribution in [0.1, 0.15) is 22.3 Å². The average Bonchev–Trinajstić information content (AvgIpc) is 2.28. The van der Waals surface area contributed by atoms with Gasteiger partial charge in [0.25, 0.3) is 5.91 Å². The monoisotopic (exact) mass is 332 g/mol. The van der Waals surface area contributed by atoms with Crippen LogP contribution in [0.5, 0.6) is 0 Å². The molecule has 1 aromatic carbocycles. The van der Waals surface area contributed by atoms with E-state index in [-0.39, 0.29) is 5.91 Å². The first-order valence-electron chi connectivity index (χ1n) is 5.34. The Labute approximate surface area is 110 Å². The van der Waals surface area contributed by atoms with Crippen molar-refractivity contribution in [3.05, 3.63) is 32.9 Å². The molecule has 88 valence electrons. The number of nitrogens with one attached hydrogen (secondary N) is 2. The number of carbonyl (C=O) groups is 1. The van der Waals surface area contributed by atoms with Crippen molar-refractivity contribution in [2.45, 2.75) is 13.3 Å². The number of rotatable bonds is 5. The molecule has 0 radical (unpaired) electrons. The molecule has 1 rings (SSSR count). The van der Waals surface area contributed by atoms with Crippen LogP contribution in [0.25, 0.3) is 0 Å². The van der Waals surface area contributed by atoms with Crippen molar-refractivity contribution in [2.24, 2.45) is 0 Å². The Balaban J connectivity index is 2.56. The Bertz CT molecular complexity index is 366. The van der Waals surface area contributed by atoms with Gasteiger partial charge in [-0.2, -0.15) is 0 Å². The predicted molar refractivity (Wildman–Crippen MR) is 74.8 cm³/mol. The number of carbonyl (C=O) groups excluding carboxylic acids is 1. The van der Waals surface area contributed by atoms with Crippen LogP contribution < -0.4 is 10.6 Å². The average molecular weight is 332 g/mol. The lowest BCUT2D eigenvalue weighted by Gasteiger charge is -2.08. The Kier molecular flexibility index (Phi) is 5.76. The molecule has 0 heterocycles. The van der Waals surface area contributed by atoms with E-state index in [2.05, 4.69) is 33.2 Å². The largest absolute Gasteiger partial charge is 0.352 e. The minimum atomic E-state index is 0.0178. The van der Waals surface area contributed by atoms with Crippen molar-refractivity contribution >= 4 is 28.5 Å². The number of benzene rings is 1. The van der Waals surface area contributed by atoms with Crippen LogP contribution in [-0.4, -0.2) is 26.0 Å². The van der Waals surface area contributed by atoms with Crippen LogP contribution >= 0.6 is 22.6 Å². The third kappa shape index (κ3) is 3.75. The van der Waals surface area contributed by atoms with E-state index in [0.29, 0.717) is 6.54 Å². The fourth-order valence-electron chi connectivity index (χ4n) is 1.39. The summed E-state index contributed by atoms with van der Waals surface area (Å²) in [6.45, 7) is 3.65. The summed E-state index contributed by atoms with van der Waals surface area (Å²) in [5.74, 6) is 0.0178. The standard InChI is InChI=1S/C12H17IN2O/c1-9-5-3-6-10(11(9)13)12(16)15-8-4-7-14-2/h3,5-6,14H,4,7-8H2,1-2H3,(H,15,16). The summed E-state index contributed by atoms with van der Waals surface area (Å²) in [6.07, 6.45) is 0.949. The summed E-state index contributed by atoms with van der Waals surface area (Å²) in [5.41, 5.74) is 1.91. The third-order valence-corrected chi connectivity index (χ3v) is 3.76. The maximum atomic E-state index is 11.8. The van der Waals surface area contributed by atoms with E-state index in [1.165, 1.54) is 0 Å². The number of amides is 1. The Morgan fingerprint density at radius 3 is 2.81 bits per heavy atom. The van der Waals surface area contributed by atoms with Crippen molar-refractivity contribution in [3.8, 4) is 0 Å². The molecule has 1 aromatic rings. The Morgan fingerprint density at radius 1 is 1.38 bits per heavy atom. The molecule has 0 aliphatic rings. The highest BCUT2D eigenvalue weighted by atomic mass is 127. The fourth-order valence-corrected chi connectivity index (χ4v) is 1.99. The summed E-state index contributed by atoms with van der Waals surface area (Å²) < 4.78 is 1.03. The zero-order valence-electron chi connectivity index (χ0n) is 9.64. The molecule has 0 unspecified atom stereocenters. The first kappa shape index (κ1) is 13.4. The smallest absolute Gasteiger partial charge is 0.252 e. The van der Waals surface area contributed by atoms with Gasteiger partial charge in [-0.15, -0.1) is 0 Å². The maximum Gasteiger partial charge on any atom is 0.252 e. The second kappa shape index (κ2) is 6.85. The van der Waals surface area contributed by atoms with Crippen molar-refractivity contribution in [1.29, 1.82) is 0 Å². The van der Waals surface area contributed by atoms with Crippen LogP contribution in [0.2, 0.25) is 0 Å². The van der Waals surface area contributed by atoms with Crippen LogP contribution in [0.4, 0.5) is 0 Å². The van der Waals surface area contributed by atoms with Crippen molar-refractivity contribution in [3.63, 3.8) is 0 Å². The highest BCUT2D eigenvalue weighted by Gasteiger charge is 2.09. The molecule has 1 amide bonds. The molecule has 4 heteroatoms. The molecule has 0 spiro atoms. The Hall–Kier alpha value is -0.620. The minimum Gasteiger partial charge on any atom is -0.352 e. The number of halogens is 1. The van der Waals surface area contributed by atoms with Gasteiger partial charge in [0.2, 0.25) is 0 Å². The number of hydrogen-bond acceptors (Lipinski definition) is 2. The molecule has 2 N–H and O–H groups in total. The van der Waals surface area contributed by atoms with E-state index in [1.54, 1.807) is 0 Å². The predicted octanol–water partition coefficient (Wildman–Crippen LogP) is 1.94. The minimum absolute atomic E-state index is 0.0178. The second-order valence-corrected chi connectivity index (χ2v) is 4.73. The molecule has 3 nitrogen and oxygen atoms in total. The first-order chi connectivity index (χ1) is 7.66. The van der Waals surface area contributed by atoms with Gasteiger partial charge in [-0.25, -0.2) is 0 Å². The van der Waals surface area contributed by atoms with Gasteiger partial charge < -0.3 is 10.6 Å². The SMILES string of the molecule is CNCCCNC(=O)c1cccc(C)c1I. The summed E-state index contributed by atoms with van der Waals surface area (Å²) in [5, 5.41) is 5.97. The van der Waals surface area contributed by atoms with Crippen LogP contribution in [0, 0.1) is 10.5 Å². The number of aryl methyl sites for hydroxylation is 1. The lowest BCUT2D eigenvalue weighted by molar-refractivity contribution is 0.0952. The van der Waals surface area contributed by atoms with Gasteiger partial charge in [-0.05, 0) is 61.2 Å². The van der Waals surface area contributed by atoms with Gasteiger partial charge in [0.1, 0.15) is 0 Å². The van der Waals surface area contributed by atoms with Crippen LogP contribution in [0.15, 0.2) is 18.2 Å². The highest BCUT2D eigenvalue weighted by molar-refractivity contribution is 14.1. The molecule has 0 aliphatic heterocycles. The van der Waals surface area contributed by atoms with E-state index in [4.69, 9.17) is 0 Å². The van der Waals surface area contributed by atoms with Gasteiger partial charge >= 0.3 is 0 Å². The topological polar surface area (TPSA) is 41.1 Å². The number of hydrogen-bond donors (Lipinski definition) is 2. The van der Waals surface area contributed by atoms with E-state index in [9.17, 15) is 4.79 Å². The summed E-state index contributed by atoms with van der Waals surface area (Å²) >= 11 is 2.22. The molecule has 0 fully saturated rings. The normalized spacial score (nSPS) is 10.2. The highest BCUT2D eigenvalue weighted by Crippen LogP contribution is 2.16. The second-order valence-electron chi connectivity index (χ2n) is 3.65. The molecule has 0 saturated carbocycles. The molecular formula is C12H17IN2O. The Morgan fingerprint density at radius 2 is 2.12 bits per heavy atom. The molecule has 0 bridgehead atoms. The van der Waals surface area contributed by atoms with Crippen molar-refractivity contribution in [1.82, 2.24) is 10.6 Å². The molecular weight excluding hydrogens is 315 g/mol. The fraction of sp³-hybridized carbons (Fsp3) is 0.417. The summed E-state index contributed by atoms with van der Waals surface area (Å²) in [6, 6.07) is 5.79. The quantitative estimate of drug-likeness (QED) is 0.639. The molecule has 0 aliphatic carbocycles. The van der Waals surface area contributed by atoms with E-state index >= 15 is 0 Å². The van der Waals surface area contributed by atoms with Gasteiger partial charge in [0.05, 0.1) is 5.56 Å². The first-order valence-corrected chi connectivity index (χ1v) is 6.42. The van der Waals surface area contributed by atoms with Gasteiger partial charge in [-0.3, -0.25) is 4.79 Å². The van der Waals surface area contributed by atoms with E-state index < -0.39 is 0 Å². The van der Waals surface area contributed by atoms with Crippen molar-refractivity contribution in [2.75, 3.05) is 20.1 Å². The maximum absolute atomic E-state index is 11.8. The molecule has 0 aromatic heterocycles. The summed E-state index contributed by atoms with van der Waals surface area (Å²) in [4.78, 5) is 11.8. The van der Waals surface area contributed by atoms with Crippen molar-refractivity contribution < 1.29 is 4.79 Å². The molecule has 0 saturated heterocycles. The zero-order chi connectivity index (χ0) is 12.0. The molecule has 0 atom stereocenters. The van der Waals surface area contributed by atoms with E-state index in [0.717, 1.165) is 27.7 Å². The molecule has 16 heavy (non-hydrogen) atoms. The third-order valence-electron chi connectivity index (χ3n) is 2.33. The van der Waals surface area contributed by atoms with Gasteiger partial charge in [-0.1, -0.05) is 12.1 Å². The van der Waals surface area contributed by atoms with Gasteiger partial charge in [0.15, 0.2) is 0 Å².